The number of ether oxygens (including phenoxy) is 1. The number of methoxy groups -OCH3 is 1. The topological polar surface area (TPSA) is 72.6 Å². The second-order valence-electron chi connectivity index (χ2n) is 6.26. The van der Waals surface area contributed by atoms with E-state index < -0.39 is 0 Å². The number of carbonyl (C=O) groups excluding carboxylic acids is 1. The van der Waals surface area contributed by atoms with E-state index in [2.05, 4.69) is 15.1 Å². The molecular formula is C21H19N5O2. The van der Waals surface area contributed by atoms with Gasteiger partial charge in [-0.15, -0.1) is 0 Å². The molecule has 0 radical (unpaired) electrons. The monoisotopic (exact) mass is 373 g/mol. The van der Waals surface area contributed by atoms with E-state index in [-0.39, 0.29) is 12.4 Å². The summed E-state index contributed by atoms with van der Waals surface area (Å²) in [6.45, 7) is 0.232. The molecule has 0 saturated heterocycles. The third-order valence-corrected chi connectivity index (χ3v) is 4.39. The number of benzene rings is 2. The Labute approximate surface area is 162 Å². The number of carbonyl (C=O) groups is 1. The van der Waals surface area contributed by atoms with Crippen LogP contribution in [0, 0.1) is 0 Å². The molecule has 140 valence electrons. The van der Waals surface area contributed by atoms with Crippen LogP contribution in [0.15, 0.2) is 66.9 Å². The fraction of sp³-hybridized carbons (Fsp3) is 0.143. The minimum absolute atomic E-state index is 0.133. The second kappa shape index (κ2) is 7.58. The highest BCUT2D eigenvalue weighted by molar-refractivity contribution is 6.12. The quantitative estimate of drug-likeness (QED) is 0.483. The second-order valence-corrected chi connectivity index (χ2v) is 6.26. The van der Waals surface area contributed by atoms with Gasteiger partial charge in [0.1, 0.15) is 6.61 Å². The van der Waals surface area contributed by atoms with E-state index >= 15 is 0 Å². The van der Waals surface area contributed by atoms with Gasteiger partial charge in [-0.25, -0.2) is 4.98 Å². The normalized spacial score (nSPS) is 10.9. The zero-order chi connectivity index (χ0) is 19.5. The van der Waals surface area contributed by atoms with Crippen LogP contribution in [0.4, 0.5) is 11.6 Å². The molecular weight excluding hydrogens is 354 g/mol. The first kappa shape index (κ1) is 17.8. The Kier molecular flexibility index (Phi) is 4.82. The van der Waals surface area contributed by atoms with Gasteiger partial charge in [0.05, 0.1) is 11.8 Å². The van der Waals surface area contributed by atoms with Crippen LogP contribution in [0.25, 0.3) is 5.65 Å². The molecule has 0 atom stereocenters. The number of anilines is 2. The van der Waals surface area contributed by atoms with Gasteiger partial charge in [-0.2, -0.15) is 14.6 Å². The fourth-order valence-corrected chi connectivity index (χ4v) is 2.99. The number of nitrogens with zero attached hydrogens (tertiary/aromatic N) is 5. The molecule has 0 amide bonds. The lowest BCUT2D eigenvalue weighted by Crippen LogP contribution is -2.18. The van der Waals surface area contributed by atoms with E-state index in [0.29, 0.717) is 28.5 Å². The molecule has 0 aliphatic carbocycles. The highest BCUT2D eigenvalue weighted by Gasteiger charge is 2.21. The molecule has 0 spiro atoms. The number of hydrogen-bond acceptors (Lipinski definition) is 6. The van der Waals surface area contributed by atoms with Gasteiger partial charge in [0.2, 0.25) is 5.95 Å². The van der Waals surface area contributed by atoms with Crippen molar-refractivity contribution >= 4 is 23.1 Å². The van der Waals surface area contributed by atoms with Crippen LogP contribution in [0.3, 0.4) is 0 Å². The Bertz CT molecular complexity index is 1110. The smallest absolute Gasteiger partial charge is 0.234 e. The maximum absolute atomic E-state index is 13.0. The van der Waals surface area contributed by atoms with Crippen LogP contribution in [0.1, 0.15) is 21.7 Å². The van der Waals surface area contributed by atoms with Crippen molar-refractivity contribution < 1.29 is 9.53 Å². The van der Waals surface area contributed by atoms with Gasteiger partial charge in [-0.05, 0) is 12.1 Å². The minimum atomic E-state index is -0.133. The predicted octanol–water partition coefficient (Wildman–Crippen LogP) is 3.27. The summed E-state index contributed by atoms with van der Waals surface area (Å²) in [5.41, 5.74) is 2.40. The molecule has 4 aromatic rings. The van der Waals surface area contributed by atoms with Gasteiger partial charge >= 0.3 is 0 Å². The average Bonchev–Trinajstić information content (AvgIpc) is 3.17. The molecule has 28 heavy (non-hydrogen) atoms. The molecule has 0 N–H and O–H groups in total. The van der Waals surface area contributed by atoms with Gasteiger partial charge in [0.15, 0.2) is 17.3 Å². The predicted molar refractivity (Wildman–Crippen MR) is 106 cm³/mol. The number of ketones is 1. The molecule has 0 fully saturated rings. The number of para-hydroxylation sites is 1. The SMILES string of the molecule is COCc1nc(N(C)c2ccccc2)n2ncc(C(=O)c3ccccc3)c2n1. The fourth-order valence-electron chi connectivity index (χ4n) is 2.99. The van der Waals surface area contributed by atoms with Crippen LogP contribution < -0.4 is 4.90 Å². The van der Waals surface area contributed by atoms with Gasteiger partial charge < -0.3 is 9.64 Å². The van der Waals surface area contributed by atoms with Crippen molar-refractivity contribution in [1.29, 1.82) is 0 Å². The van der Waals surface area contributed by atoms with Gasteiger partial charge in [0, 0.05) is 25.4 Å². The van der Waals surface area contributed by atoms with E-state index in [1.807, 2.05) is 60.5 Å². The third kappa shape index (κ3) is 3.23. The third-order valence-electron chi connectivity index (χ3n) is 4.39. The first-order chi connectivity index (χ1) is 13.7. The number of fused-ring (bicyclic) bond motifs is 1. The van der Waals surface area contributed by atoms with Crippen molar-refractivity contribution in [2.75, 3.05) is 19.1 Å². The van der Waals surface area contributed by atoms with E-state index in [1.54, 1.807) is 23.8 Å². The molecule has 7 heteroatoms. The Morgan fingerprint density at radius 3 is 2.39 bits per heavy atom. The number of aromatic nitrogens is 4. The molecule has 0 aliphatic rings. The lowest BCUT2D eigenvalue weighted by Gasteiger charge is -2.19. The Balaban J connectivity index is 1.87. The summed E-state index contributed by atoms with van der Waals surface area (Å²) in [5.74, 6) is 0.900. The zero-order valence-corrected chi connectivity index (χ0v) is 15.6. The summed E-state index contributed by atoms with van der Waals surface area (Å²) >= 11 is 0. The summed E-state index contributed by atoms with van der Waals surface area (Å²) in [6, 6.07) is 18.9. The summed E-state index contributed by atoms with van der Waals surface area (Å²) < 4.78 is 6.81. The van der Waals surface area contributed by atoms with Crippen molar-refractivity contribution in [3.05, 3.63) is 83.8 Å². The van der Waals surface area contributed by atoms with Crippen molar-refractivity contribution in [2.45, 2.75) is 6.61 Å². The van der Waals surface area contributed by atoms with Gasteiger partial charge in [-0.1, -0.05) is 48.5 Å². The number of hydrogen-bond donors (Lipinski definition) is 0. The molecule has 2 aromatic heterocycles. The summed E-state index contributed by atoms with van der Waals surface area (Å²) in [4.78, 5) is 24.0. The highest BCUT2D eigenvalue weighted by Crippen LogP contribution is 2.24. The Morgan fingerprint density at radius 1 is 1.04 bits per heavy atom. The Morgan fingerprint density at radius 2 is 1.71 bits per heavy atom. The largest absolute Gasteiger partial charge is 0.377 e. The molecule has 0 aliphatic heterocycles. The Hall–Kier alpha value is -3.58. The van der Waals surface area contributed by atoms with Crippen LogP contribution in [-0.2, 0) is 11.3 Å². The van der Waals surface area contributed by atoms with Crippen molar-refractivity contribution in [3.63, 3.8) is 0 Å². The highest BCUT2D eigenvalue weighted by atomic mass is 16.5. The van der Waals surface area contributed by atoms with Crippen molar-refractivity contribution in [2.24, 2.45) is 0 Å². The molecule has 4 rings (SSSR count). The molecule has 7 nitrogen and oxygen atoms in total. The summed E-state index contributed by atoms with van der Waals surface area (Å²) in [6.07, 6.45) is 1.54. The molecule has 0 bridgehead atoms. The van der Waals surface area contributed by atoms with Crippen LogP contribution in [-0.4, -0.2) is 39.5 Å². The van der Waals surface area contributed by atoms with Crippen LogP contribution >= 0.6 is 0 Å². The first-order valence-corrected chi connectivity index (χ1v) is 8.81. The zero-order valence-electron chi connectivity index (χ0n) is 15.6. The van der Waals surface area contributed by atoms with Crippen LogP contribution in [0.2, 0.25) is 0 Å². The van der Waals surface area contributed by atoms with E-state index in [1.165, 1.54) is 6.20 Å². The summed E-state index contributed by atoms with van der Waals surface area (Å²) in [7, 11) is 3.48. The van der Waals surface area contributed by atoms with E-state index in [0.717, 1.165) is 5.69 Å². The molecule has 0 unspecified atom stereocenters. The first-order valence-electron chi connectivity index (χ1n) is 8.81. The van der Waals surface area contributed by atoms with Crippen molar-refractivity contribution in [1.82, 2.24) is 19.6 Å². The molecule has 2 heterocycles. The number of rotatable bonds is 6. The maximum Gasteiger partial charge on any atom is 0.234 e. The molecule has 2 aromatic carbocycles. The maximum atomic E-state index is 13.0. The summed E-state index contributed by atoms with van der Waals surface area (Å²) in [5, 5.41) is 4.40. The van der Waals surface area contributed by atoms with Gasteiger partial charge in [0.25, 0.3) is 0 Å². The lowest BCUT2D eigenvalue weighted by atomic mass is 10.1. The van der Waals surface area contributed by atoms with E-state index in [4.69, 9.17) is 4.74 Å². The average molecular weight is 373 g/mol. The lowest BCUT2D eigenvalue weighted by molar-refractivity contribution is 0.104. The minimum Gasteiger partial charge on any atom is -0.377 e. The standard InChI is InChI=1S/C21H19N5O2/c1-25(16-11-7-4-8-12-16)21-24-18(14-28-2)23-20-17(13-22-26(20)21)19(27)15-9-5-3-6-10-15/h3-13H,14H2,1-2H3. The molecule has 0 saturated carbocycles. The van der Waals surface area contributed by atoms with Crippen molar-refractivity contribution in [3.8, 4) is 0 Å². The van der Waals surface area contributed by atoms with E-state index in [9.17, 15) is 4.79 Å². The van der Waals surface area contributed by atoms with Crippen LogP contribution in [0.5, 0.6) is 0 Å². The van der Waals surface area contributed by atoms with Gasteiger partial charge in [-0.3, -0.25) is 4.79 Å².